The molecule has 0 amide bonds. The Balaban J connectivity index is 2.29. The molecular weight excluding hydrogens is 300 g/mol. The van der Waals surface area contributed by atoms with Crippen molar-refractivity contribution < 1.29 is 30.0 Å². The van der Waals surface area contributed by atoms with Crippen molar-refractivity contribution in [1.82, 2.24) is 0 Å². The summed E-state index contributed by atoms with van der Waals surface area (Å²) in [5.41, 5.74) is -0.342. The number of ketones is 2. The first-order valence-electron chi connectivity index (χ1n) is 7.05. The van der Waals surface area contributed by atoms with E-state index in [0.717, 1.165) is 12.1 Å². The molecule has 118 valence electrons. The first-order valence-corrected chi connectivity index (χ1v) is 7.05. The van der Waals surface area contributed by atoms with Gasteiger partial charge < -0.3 is 20.4 Å². The summed E-state index contributed by atoms with van der Waals surface area (Å²) in [6, 6.07) is 4.65. The summed E-state index contributed by atoms with van der Waals surface area (Å²) < 4.78 is 0. The van der Waals surface area contributed by atoms with Crippen LogP contribution in [0.4, 0.5) is 0 Å². The van der Waals surface area contributed by atoms with Gasteiger partial charge in [-0.25, -0.2) is 0 Å². The summed E-state index contributed by atoms with van der Waals surface area (Å²) in [7, 11) is 0. The Hall–Kier alpha value is -2.86. The van der Waals surface area contributed by atoms with Gasteiger partial charge in [0.05, 0.1) is 17.2 Å². The third-order valence-corrected chi connectivity index (χ3v) is 3.96. The second kappa shape index (κ2) is 5.10. The molecule has 2 aromatic carbocycles. The van der Waals surface area contributed by atoms with Gasteiger partial charge in [-0.2, -0.15) is 0 Å². The minimum absolute atomic E-state index is 0.0602. The number of carbonyl (C=O) groups excluding carboxylic acids is 2. The number of phenolic OH excluding ortho intramolecular Hbond substituents is 3. The van der Waals surface area contributed by atoms with Crippen molar-refractivity contribution in [1.29, 1.82) is 0 Å². The van der Waals surface area contributed by atoms with E-state index in [2.05, 4.69) is 0 Å². The first kappa shape index (κ1) is 15.1. The summed E-state index contributed by atoms with van der Waals surface area (Å²) in [6.07, 6.45) is -0.508. The number of phenols is 3. The summed E-state index contributed by atoms with van der Waals surface area (Å²) in [4.78, 5) is 25.1. The molecular formula is C17H14O6. The summed E-state index contributed by atoms with van der Waals surface area (Å²) in [6.45, 7) is 1.74. The van der Waals surface area contributed by atoms with Gasteiger partial charge in [-0.3, -0.25) is 9.59 Å². The summed E-state index contributed by atoms with van der Waals surface area (Å²) in [5.74, 6) is -2.62. The van der Waals surface area contributed by atoms with Crippen molar-refractivity contribution in [3.63, 3.8) is 0 Å². The molecule has 0 saturated carbocycles. The number of rotatable bonds is 2. The highest BCUT2D eigenvalue weighted by Crippen LogP contribution is 2.39. The Morgan fingerprint density at radius 3 is 2.04 bits per heavy atom. The Bertz CT molecular complexity index is 853. The van der Waals surface area contributed by atoms with Crippen LogP contribution in [0.5, 0.6) is 17.2 Å². The van der Waals surface area contributed by atoms with Crippen LogP contribution >= 0.6 is 0 Å². The van der Waals surface area contributed by atoms with Crippen LogP contribution in [-0.2, 0) is 0 Å². The van der Waals surface area contributed by atoms with Crippen molar-refractivity contribution in [2.45, 2.75) is 19.4 Å². The molecule has 4 N–H and O–H groups in total. The van der Waals surface area contributed by atoms with Crippen molar-refractivity contribution in [3.05, 3.63) is 52.1 Å². The molecule has 1 aliphatic carbocycles. The molecule has 0 saturated heterocycles. The van der Waals surface area contributed by atoms with Gasteiger partial charge in [-0.05, 0) is 30.2 Å². The van der Waals surface area contributed by atoms with Crippen LogP contribution < -0.4 is 0 Å². The third-order valence-electron chi connectivity index (χ3n) is 3.96. The van der Waals surface area contributed by atoms with Gasteiger partial charge in [0, 0.05) is 17.2 Å². The van der Waals surface area contributed by atoms with Gasteiger partial charge in [0.15, 0.2) is 5.78 Å². The average Bonchev–Trinajstić information content (AvgIpc) is 2.50. The zero-order valence-electron chi connectivity index (χ0n) is 12.2. The van der Waals surface area contributed by atoms with E-state index in [1.54, 1.807) is 6.92 Å². The molecule has 0 unspecified atom stereocenters. The minimum Gasteiger partial charge on any atom is -0.508 e. The molecule has 6 heteroatoms. The van der Waals surface area contributed by atoms with Crippen molar-refractivity contribution in [2.75, 3.05) is 0 Å². The van der Waals surface area contributed by atoms with Gasteiger partial charge in [-0.1, -0.05) is 6.92 Å². The normalized spacial score (nSPS) is 14.3. The fraction of sp³-hybridized carbons (Fsp3) is 0.176. The lowest BCUT2D eigenvalue weighted by molar-refractivity contribution is 0.0973. The highest BCUT2D eigenvalue weighted by Gasteiger charge is 2.35. The van der Waals surface area contributed by atoms with E-state index in [4.69, 9.17) is 0 Å². The first-order chi connectivity index (χ1) is 10.8. The number of aliphatic hydroxyl groups excluding tert-OH is 1. The lowest BCUT2D eigenvalue weighted by Crippen LogP contribution is -2.21. The second-order valence-corrected chi connectivity index (χ2v) is 5.43. The van der Waals surface area contributed by atoms with E-state index in [9.17, 15) is 30.0 Å². The van der Waals surface area contributed by atoms with Gasteiger partial charge in [-0.15, -0.1) is 0 Å². The molecule has 0 aromatic heterocycles. The molecule has 2 aromatic rings. The Morgan fingerprint density at radius 2 is 1.43 bits per heavy atom. The van der Waals surface area contributed by atoms with E-state index in [0.29, 0.717) is 12.0 Å². The smallest absolute Gasteiger partial charge is 0.201 e. The number of carbonyl (C=O) groups is 2. The maximum atomic E-state index is 12.6. The van der Waals surface area contributed by atoms with Crippen LogP contribution in [0, 0.1) is 0 Å². The highest BCUT2D eigenvalue weighted by atomic mass is 16.3. The second-order valence-electron chi connectivity index (χ2n) is 5.43. The molecule has 0 heterocycles. The maximum absolute atomic E-state index is 12.6. The molecule has 0 fully saturated rings. The predicted octanol–water partition coefficient (Wildman–Crippen LogP) is 2.02. The van der Waals surface area contributed by atoms with E-state index in [1.165, 1.54) is 12.1 Å². The number of benzene rings is 2. The number of aromatic hydroxyl groups is 3. The predicted molar refractivity (Wildman–Crippen MR) is 80.0 cm³/mol. The van der Waals surface area contributed by atoms with Gasteiger partial charge in [0.25, 0.3) is 0 Å². The molecule has 6 nitrogen and oxygen atoms in total. The van der Waals surface area contributed by atoms with Crippen molar-refractivity contribution in [2.24, 2.45) is 0 Å². The zero-order valence-corrected chi connectivity index (χ0v) is 12.2. The van der Waals surface area contributed by atoms with E-state index >= 15 is 0 Å². The van der Waals surface area contributed by atoms with Crippen LogP contribution in [-0.4, -0.2) is 32.0 Å². The SMILES string of the molecule is CC[C@H](O)c1cc(O)c2c(c1)C(=O)c1cc(O)cc(O)c1C2=O. The van der Waals surface area contributed by atoms with Crippen molar-refractivity contribution in [3.8, 4) is 17.2 Å². The maximum Gasteiger partial charge on any atom is 0.201 e. The van der Waals surface area contributed by atoms with Crippen LogP contribution in [0.15, 0.2) is 24.3 Å². The van der Waals surface area contributed by atoms with E-state index in [1.807, 2.05) is 0 Å². The van der Waals surface area contributed by atoms with Gasteiger partial charge in [0.1, 0.15) is 17.2 Å². The molecule has 3 rings (SSSR count). The van der Waals surface area contributed by atoms with Crippen LogP contribution in [0.25, 0.3) is 0 Å². The molecule has 0 radical (unpaired) electrons. The fourth-order valence-corrected chi connectivity index (χ4v) is 2.79. The average molecular weight is 314 g/mol. The molecule has 1 aliphatic rings. The Labute approximate surface area is 131 Å². The lowest BCUT2D eigenvalue weighted by atomic mass is 9.81. The van der Waals surface area contributed by atoms with Gasteiger partial charge >= 0.3 is 0 Å². The lowest BCUT2D eigenvalue weighted by Gasteiger charge is -2.21. The van der Waals surface area contributed by atoms with Crippen LogP contribution in [0.3, 0.4) is 0 Å². The minimum atomic E-state index is -0.881. The van der Waals surface area contributed by atoms with E-state index < -0.39 is 29.2 Å². The van der Waals surface area contributed by atoms with E-state index in [-0.39, 0.29) is 28.0 Å². The molecule has 1 atom stereocenters. The standard InChI is InChI=1S/C17H14O6/c1-2-11(19)7-3-9-14(12(20)4-7)17(23)15-10(16(9)22)5-8(18)6-13(15)21/h3-6,11,18-21H,2H2,1H3/t11-/m0/s1. The molecule has 0 spiro atoms. The van der Waals surface area contributed by atoms with Crippen molar-refractivity contribution >= 4 is 11.6 Å². The number of hydrogen-bond donors (Lipinski definition) is 4. The number of fused-ring (bicyclic) bond motifs is 2. The number of hydrogen-bond acceptors (Lipinski definition) is 6. The van der Waals surface area contributed by atoms with Crippen LogP contribution in [0.1, 0.15) is 56.9 Å². The van der Waals surface area contributed by atoms with Crippen LogP contribution in [0.2, 0.25) is 0 Å². The summed E-state index contributed by atoms with van der Waals surface area (Å²) >= 11 is 0. The summed E-state index contributed by atoms with van der Waals surface area (Å²) in [5, 5.41) is 39.4. The highest BCUT2D eigenvalue weighted by molar-refractivity contribution is 6.30. The monoisotopic (exact) mass is 314 g/mol. The largest absolute Gasteiger partial charge is 0.508 e. The number of aliphatic hydroxyl groups is 1. The third kappa shape index (κ3) is 2.15. The fourth-order valence-electron chi connectivity index (χ4n) is 2.79. The molecule has 23 heavy (non-hydrogen) atoms. The van der Waals surface area contributed by atoms with Gasteiger partial charge in [0.2, 0.25) is 5.78 Å². The zero-order chi connectivity index (χ0) is 16.9. The Morgan fingerprint density at radius 1 is 0.870 bits per heavy atom. The molecule has 0 aliphatic heterocycles. The quantitative estimate of drug-likeness (QED) is 0.575. The molecule has 0 bridgehead atoms. The topological polar surface area (TPSA) is 115 Å². The Kier molecular flexibility index (Phi) is 3.34.